The van der Waals surface area contributed by atoms with E-state index in [4.69, 9.17) is 24.8 Å². The molecule has 0 bridgehead atoms. The maximum atomic E-state index is 12.6. The number of aliphatic carboxylic acids is 1. The van der Waals surface area contributed by atoms with Crippen molar-refractivity contribution in [2.45, 2.75) is 238 Å². The molecular weight excluding hydrogens is 745 g/mol. The van der Waals surface area contributed by atoms with E-state index >= 15 is 0 Å². The number of carbonyl (C=O) groups excluding carboxylic acids is 2. The highest BCUT2D eigenvalue weighted by molar-refractivity contribution is 7.47. The monoisotopic (exact) mass is 832 g/mol. The first kappa shape index (κ1) is 55.2. The number of esters is 2. The van der Waals surface area contributed by atoms with Crippen LogP contribution in [0.2, 0.25) is 0 Å². The van der Waals surface area contributed by atoms with Crippen LogP contribution in [0, 0.1) is 0 Å². The molecule has 3 atom stereocenters. The zero-order valence-electron chi connectivity index (χ0n) is 36.5. The molecule has 0 aromatic rings. The molecule has 12 heteroatoms. The van der Waals surface area contributed by atoms with Crippen LogP contribution in [-0.2, 0) is 37.5 Å². The van der Waals surface area contributed by atoms with Gasteiger partial charge in [-0.1, -0.05) is 187 Å². The van der Waals surface area contributed by atoms with Gasteiger partial charge in [0.15, 0.2) is 6.10 Å². The predicted molar refractivity (Wildman–Crippen MR) is 231 cm³/mol. The number of carboxylic acid groups (broad SMARTS) is 1. The lowest BCUT2D eigenvalue weighted by atomic mass is 10.0. The Kier molecular flexibility index (Phi) is 39.7. The highest BCUT2D eigenvalue weighted by Crippen LogP contribution is 2.43. The summed E-state index contributed by atoms with van der Waals surface area (Å²) < 4.78 is 32.7. The Morgan fingerprint density at radius 2 is 0.877 bits per heavy atom. The summed E-state index contributed by atoms with van der Waals surface area (Å²) in [4.78, 5) is 46.0. The second-order valence-corrected chi connectivity index (χ2v) is 17.3. The molecule has 57 heavy (non-hydrogen) atoms. The molecule has 0 saturated carbocycles. The Labute approximate surface area is 348 Å². The van der Waals surface area contributed by atoms with Gasteiger partial charge in [0.2, 0.25) is 0 Å². The Bertz CT molecular complexity index is 1030. The first-order valence-electron chi connectivity index (χ1n) is 23.2. The smallest absolute Gasteiger partial charge is 0.472 e. The highest BCUT2D eigenvalue weighted by Gasteiger charge is 2.28. The van der Waals surface area contributed by atoms with Gasteiger partial charge in [0.25, 0.3) is 0 Å². The van der Waals surface area contributed by atoms with Gasteiger partial charge >= 0.3 is 25.7 Å². The van der Waals surface area contributed by atoms with E-state index in [1.807, 2.05) is 0 Å². The second-order valence-electron chi connectivity index (χ2n) is 15.9. The van der Waals surface area contributed by atoms with Crippen molar-refractivity contribution >= 4 is 25.7 Å². The van der Waals surface area contributed by atoms with Crippen molar-refractivity contribution in [1.82, 2.24) is 0 Å². The summed E-state index contributed by atoms with van der Waals surface area (Å²) in [7, 11) is -4.71. The van der Waals surface area contributed by atoms with E-state index in [2.05, 4.69) is 30.5 Å². The third kappa shape index (κ3) is 40.8. The third-order valence-electron chi connectivity index (χ3n) is 10.3. The summed E-state index contributed by atoms with van der Waals surface area (Å²) in [5, 5.41) is 8.90. The van der Waals surface area contributed by atoms with Crippen molar-refractivity contribution < 1.29 is 47.5 Å². The van der Waals surface area contributed by atoms with Gasteiger partial charge < -0.3 is 25.2 Å². The number of rotatable bonds is 44. The molecule has 0 amide bonds. The Balaban J connectivity index is 4.28. The molecule has 11 nitrogen and oxygen atoms in total. The maximum absolute atomic E-state index is 12.6. The van der Waals surface area contributed by atoms with Gasteiger partial charge in [0.05, 0.1) is 13.2 Å². The van der Waals surface area contributed by atoms with Crippen LogP contribution in [0.5, 0.6) is 0 Å². The molecule has 0 heterocycles. The topological polar surface area (TPSA) is 172 Å². The molecule has 0 fully saturated rings. The lowest BCUT2D eigenvalue weighted by Crippen LogP contribution is -2.34. The number of carbonyl (C=O) groups is 3. The number of phosphoric acid groups is 1. The van der Waals surface area contributed by atoms with Crippen LogP contribution in [0.3, 0.4) is 0 Å². The number of nitrogens with two attached hydrogens (primary N) is 1. The minimum atomic E-state index is -4.71. The van der Waals surface area contributed by atoms with Gasteiger partial charge in [-0.25, -0.2) is 4.57 Å². The van der Waals surface area contributed by atoms with Crippen molar-refractivity contribution in [3.05, 3.63) is 12.2 Å². The number of hydrogen-bond donors (Lipinski definition) is 3. The molecule has 0 aromatic carbocycles. The van der Waals surface area contributed by atoms with Crippen LogP contribution < -0.4 is 5.73 Å². The molecule has 0 rings (SSSR count). The van der Waals surface area contributed by atoms with E-state index in [1.54, 1.807) is 0 Å². The van der Waals surface area contributed by atoms with E-state index in [9.17, 15) is 23.8 Å². The first-order chi connectivity index (χ1) is 27.6. The molecule has 0 saturated heterocycles. The summed E-state index contributed by atoms with van der Waals surface area (Å²) in [5.41, 5.74) is 5.34. The highest BCUT2D eigenvalue weighted by atomic mass is 31.2. The van der Waals surface area contributed by atoms with Gasteiger partial charge in [-0.2, -0.15) is 0 Å². The summed E-state index contributed by atoms with van der Waals surface area (Å²) in [6, 6.07) is -1.52. The largest absolute Gasteiger partial charge is 0.480 e. The first-order valence-corrected chi connectivity index (χ1v) is 24.7. The fourth-order valence-electron chi connectivity index (χ4n) is 6.59. The van der Waals surface area contributed by atoms with E-state index in [0.717, 1.165) is 38.5 Å². The number of ether oxygens (including phenoxy) is 2. The Hall–Kier alpha value is -1.78. The minimum Gasteiger partial charge on any atom is -0.480 e. The predicted octanol–water partition coefficient (Wildman–Crippen LogP) is 12.5. The molecule has 336 valence electrons. The molecule has 0 aliphatic heterocycles. The summed E-state index contributed by atoms with van der Waals surface area (Å²) in [6.45, 7) is 2.83. The fraction of sp³-hybridized carbons (Fsp3) is 0.889. The molecule has 1 unspecified atom stereocenters. The number of hydrogen-bond acceptors (Lipinski definition) is 9. The van der Waals surface area contributed by atoms with Crippen molar-refractivity contribution in [1.29, 1.82) is 0 Å². The number of unbranched alkanes of at least 4 members (excludes halogenated alkanes) is 28. The zero-order chi connectivity index (χ0) is 42.1. The maximum Gasteiger partial charge on any atom is 0.472 e. The van der Waals surface area contributed by atoms with E-state index in [-0.39, 0.29) is 19.4 Å². The van der Waals surface area contributed by atoms with Gasteiger partial charge in [0.1, 0.15) is 12.6 Å². The van der Waals surface area contributed by atoms with Crippen molar-refractivity contribution in [2.24, 2.45) is 5.73 Å². The van der Waals surface area contributed by atoms with Crippen LogP contribution in [0.1, 0.15) is 226 Å². The Morgan fingerprint density at radius 1 is 0.526 bits per heavy atom. The second kappa shape index (κ2) is 41.0. The van der Waals surface area contributed by atoms with E-state index < -0.39 is 51.1 Å². The van der Waals surface area contributed by atoms with Crippen molar-refractivity contribution in [2.75, 3.05) is 19.8 Å². The quantitative estimate of drug-likeness (QED) is 0.0231. The SMILES string of the molecule is CCCCCCCC/C=C/CCCCCCCCCCCC(=O)O[C@H](COC(=O)CCCCCCCCCCCCCCCC)COP(=O)(O)OC[C@H](N)C(=O)O. The average molecular weight is 832 g/mol. The average Bonchev–Trinajstić information content (AvgIpc) is 3.19. The van der Waals surface area contributed by atoms with Crippen molar-refractivity contribution in [3.8, 4) is 0 Å². The van der Waals surface area contributed by atoms with Crippen LogP contribution in [0.25, 0.3) is 0 Å². The van der Waals surface area contributed by atoms with Crippen LogP contribution in [0.4, 0.5) is 0 Å². The molecule has 0 aliphatic carbocycles. The summed E-state index contributed by atoms with van der Waals surface area (Å²) >= 11 is 0. The van der Waals surface area contributed by atoms with Crippen LogP contribution >= 0.6 is 7.82 Å². The van der Waals surface area contributed by atoms with Gasteiger partial charge in [-0.15, -0.1) is 0 Å². The summed E-state index contributed by atoms with van der Waals surface area (Å²) in [6.07, 6.45) is 41.3. The third-order valence-corrected chi connectivity index (χ3v) is 11.2. The van der Waals surface area contributed by atoms with Crippen LogP contribution in [0.15, 0.2) is 12.2 Å². The molecule has 0 spiro atoms. The van der Waals surface area contributed by atoms with Gasteiger partial charge in [0, 0.05) is 12.8 Å². The zero-order valence-corrected chi connectivity index (χ0v) is 37.3. The van der Waals surface area contributed by atoms with Gasteiger partial charge in [-0.05, 0) is 38.5 Å². The lowest BCUT2D eigenvalue weighted by Gasteiger charge is -2.20. The van der Waals surface area contributed by atoms with E-state index in [0.29, 0.717) is 12.8 Å². The van der Waals surface area contributed by atoms with Crippen LogP contribution in [-0.4, -0.2) is 59.9 Å². The number of carboxylic acids is 1. The fourth-order valence-corrected chi connectivity index (χ4v) is 7.37. The molecular formula is C45H86NO10P. The lowest BCUT2D eigenvalue weighted by molar-refractivity contribution is -0.161. The standard InChI is InChI=1S/C45H86NO10P/c1-3-5-7-9-11-13-15-17-19-20-21-22-23-25-27-29-31-33-35-37-44(48)56-41(39-54-57(51,52)55-40-42(46)45(49)50)38-53-43(47)36-34-32-30-28-26-24-18-16-14-12-10-8-6-4-2/h17,19,41-42H,3-16,18,20-40,46H2,1-2H3,(H,49,50)(H,51,52)/b19-17+/t41-,42+/m1/s1. The molecule has 0 radical (unpaired) electrons. The molecule has 4 N–H and O–H groups in total. The Morgan fingerprint density at radius 3 is 1.28 bits per heavy atom. The molecule has 0 aliphatic rings. The summed E-state index contributed by atoms with van der Waals surface area (Å²) in [5.74, 6) is -2.36. The number of phosphoric ester groups is 1. The molecule has 0 aromatic heterocycles. The van der Waals surface area contributed by atoms with Gasteiger partial charge in [-0.3, -0.25) is 23.4 Å². The van der Waals surface area contributed by atoms with Crippen molar-refractivity contribution in [3.63, 3.8) is 0 Å². The van der Waals surface area contributed by atoms with E-state index in [1.165, 1.54) is 148 Å². The number of allylic oxidation sites excluding steroid dienone is 2. The normalized spacial score (nSPS) is 13.8. The minimum absolute atomic E-state index is 0.163.